The zero-order valence-electron chi connectivity index (χ0n) is 9.36. The van der Waals surface area contributed by atoms with Gasteiger partial charge in [-0.15, -0.1) is 0 Å². The molecule has 0 unspecified atom stereocenters. The molecule has 2 aliphatic heterocycles. The van der Waals surface area contributed by atoms with E-state index in [-0.39, 0.29) is 5.91 Å². The summed E-state index contributed by atoms with van der Waals surface area (Å²) in [5, 5.41) is 2.90. The minimum absolute atomic E-state index is 0.0406. The fourth-order valence-electron chi connectivity index (χ4n) is 2.72. The Balaban J connectivity index is 2.13. The van der Waals surface area contributed by atoms with Gasteiger partial charge in [-0.25, -0.2) is 0 Å². The molecule has 1 N–H and O–H groups in total. The van der Waals surface area contributed by atoms with Crippen molar-refractivity contribution >= 4 is 17.9 Å². The molecule has 3 rings (SSSR count). The van der Waals surface area contributed by atoms with Crippen LogP contribution < -0.4 is 5.32 Å². The van der Waals surface area contributed by atoms with Gasteiger partial charge in [0.1, 0.15) is 6.29 Å². The first-order valence-corrected chi connectivity index (χ1v) is 5.75. The van der Waals surface area contributed by atoms with Gasteiger partial charge >= 0.3 is 0 Å². The summed E-state index contributed by atoms with van der Waals surface area (Å²) in [5.41, 5.74) is 1.93. The van der Waals surface area contributed by atoms with Gasteiger partial charge in [0.15, 0.2) is 0 Å². The summed E-state index contributed by atoms with van der Waals surface area (Å²) in [6.45, 7) is 1.19. The Bertz CT molecular complexity index is 489. The summed E-state index contributed by atoms with van der Waals surface area (Å²) in [6.07, 6.45) is 2.19. The van der Waals surface area contributed by atoms with Crippen LogP contribution in [0.25, 0.3) is 0 Å². The Morgan fingerprint density at radius 2 is 2.06 bits per heavy atom. The third-order valence-electron chi connectivity index (χ3n) is 3.72. The van der Waals surface area contributed by atoms with Gasteiger partial charge in [0.2, 0.25) is 5.91 Å². The second-order valence-electron chi connectivity index (χ2n) is 4.57. The smallest absolute Gasteiger partial charge is 0.235 e. The van der Waals surface area contributed by atoms with Gasteiger partial charge in [-0.2, -0.15) is 0 Å². The number of hydrogen-bond acceptors (Lipinski definition) is 3. The van der Waals surface area contributed by atoms with E-state index in [1.165, 1.54) is 0 Å². The van der Waals surface area contributed by atoms with Gasteiger partial charge in [-0.05, 0) is 36.6 Å². The molecular formula is C13H13NO3. The van der Waals surface area contributed by atoms with Crippen LogP contribution in [0, 0.1) is 0 Å². The second-order valence-corrected chi connectivity index (χ2v) is 4.57. The van der Waals surface area contributed by atoms with Crippen LogP contribution >= 0.6 is 0 Å². The molecule has 1 saturated heterocycles. The van der Waals surface area contributed by atoms with E-state index in [1.807, 2.05) is 6.07 Å². The van der Waals surface area contributed by atoms with Crippen LogP contribution in [-0.4, -0.2) is 25.4 Å². The number of benzene rings is 1. The Labute approximate surface area is 99.0 Å². The third-order valence-corrected chi connectivity index (χ3v) is 3.72. The molecule has 0 saturated carbocycles. The van der Waals surface area contributed by atoms with Crippen LogP contribution in [0.5, 0.6) is 0 Å². The molecule has 88 valence electrons. The number of carbonyl (C=O) groups is 2. The first-order chi connectivity index (χ1) is 8.26. The van der Waals surface area contributed by atoms with E-state index in [0.717, 1.165) is 17.5 Å². The summed E-state index contributed by atoms with van der Waals surface area (Å²) >= 11 is 0. The van der Waals surface area contributed by atoms with Crippen molar-refractivity contribution in [3.63, 3.8) is 0 Å². The summed E-state index contributed by atoms with van der Waals surface area (Å²) in [5.74, 6) is 0.0406. The summed E-state index contributed by atoms with van der Waals surface area (Å²) in [4.78, 5) is 23.0. The highest BCUT2D eigenvalue weighted by atomic mass is 16.5. The van der Waals surface area contributed by atoms with E-state index >= 15 is 0 Å². The molecule has 0 radical (unpaired) electrons. The van der Waals surface area contributed by atoms with Crippen LogP contribution in [-0.2, 0) is 14.9 Å². The standard InChI is InChI=1S/C13H13NO3/c15-8-9-1-2-11-10(7-9)13(12(16)14-11)3-5-17-6-4-13/h1-2,7-8H,3-6H2,(H,14,16). The van der Waals surface area contributed by atoms with E-state index in [0.29, 0.717) is 31.6 Å². The quantitative estimate of drug-likeness (QED) is 0.745. The Morgan fingerprint density at radius 3 is 2.76 bits per heavy atom. The lowest BCUT2D eigenvalue weighted by molar-refractivity contribution is -0.124. The van der Waals surface area contributed by atoms with E-state index < -0.39 is 5.41 Å². The highest BCUT2D eigenvalue weighted by Crippen LogP contribution is 2.44. The molecule has 0 aromatic heterocycles. The number of fused-ring (bicyclic) bond motifs is 2. The zero-order valence-corrected chi connectivity index (χ0v) is 9.36. The molecule has 17 heavy (non-hydrogen) atoms. The molecule has 4 nitrogen and oxygen atoms in total. The van der Waals surface area contributed by atoms with Gasteiger partial charge in [0.25, 0.3) is 0 Å². The van der Waals surface area contributed by atoms with Crippen molar-refractivity contribution in [2.45, 2.75) is 18.3 Å². The van der Waals surface area contributed by atoms with Gasteiger partial charge < -0.3 is 10.1 Å². The fraction of sp³-hybridized carbons (Fsp3) is 0.385. The maximum atomic E-state index is 12.2. The number of ether oxygens (including phenoxy) is 1. The third kappa shape index (κ3) is 1.41. The Hall–Kier alpha value is -1.68. The van der Waals surface area contributed by atoms with Crippen LogP contribution in [0.1, 0.15) is 28.8 Å². The molecule has 2 aliphatic rings. The first-order valence-electron chi connectivity index (χ1n) is 5.75. The van der Waals surface area contributed by atoms with E-state index in [2.05, 4.69) is 5.32 Å². The predicted molar refractivity (Wildman–Crippen MR) is 62.2 cm³/mol. The van der Waals surface area contributed by atoms with Crippen LogP contribution in [0.4, 0.5) is 5.69 Å². The Morgan fingerprint density at radius 1 is 1.29 bits per heavy atom. The topological polar surface area (TPSA) is 55.4 Å². The minimum Gasteiger partial charge on any atom is -0.381 e. The molecule has 4 heteroatoms. The highest BCUT2D eigenvalue weighted by molar-refractivity contribution is 6.06. The van der Waals surface area contributed by atoms with Crippen molar-refractivity contribution in [3.8, 4) is 0 Å². The fourth-order valence-corrected chi connectivity index (χ4v) is 2.72. The average molecular weight is 231 g/mol. The SMILES string of the molecule is O=Cc1ccc2c(c1)C1(CCOCC1)C(=O)N2. The van der Waals surface area contributed by atoms with Gasteiger partial charge in [0, 0.05) is 24.5 Å². The molecule has 0 atom stereocenters. The lowest BCUT2D eigenvalue weighted by atomic mass is 9.75. The average Bonchev–Trinajstić information content (AvgIpc) is 2.63. The molecule has 1 fully saturated rings. The summed E-state index contributed by atoms with van der Waals surface area (Å²) < 4.78 is 5.33. The zero-order chi connectivity index (χ0) is 11.9. The number of hydrogen-bond donors (Lipinski definition) is 1. The summed E-state index contributed by atoms with van der Waals surface area (Å²) in [6, 6.07) is 5.36. The van der Waals surface area contributed by atoms with Gasteiger partial charge in [-0.1, -0.05) is 0 Å². The number of aldehydes is 1. The number of anilines is 1. The highest BCUT2D eigenvalue weighted by Gasteiger charge is 2.47. The molecule has 1 spiro atoms. The maximum absolute atomic E-state index is 12.2. The molecule has 2 heterocycles. The lowest BCUT2D eigenvalue weighted by Crippen LogP contribution is -2.40. The largest absolute Gasteiger partial charge is 0.381 e. The minimum atomic E-state index is -0.480. The van der Waals surface area contributed by atoms with Crippen molar-refractivity contribution in [3.05, 3.63) is 29.3 Å². The molecule has 0 bridgehead atoms. The maximum Gasteiger partial charge on any atom is 0.235 e. The summed E-state index contributed by atoms with van der Waals surface area (Å²) in [7, 11) is 0. The van der Waals surface area contributed by atoms with Crippen molar-refractivity contribution < 1.29 is 14.3 Å². The molecule has 1 amide bonds. The predicted octanol–water partition coefficient (Wildman–Crippen LogP) is 1.50. The van der Waals surface area contributed by atoms with Gasteiger partial charge in [-0.3, -0.25) is 9.59 Å². The van der Waals surface area contributed by atoms with Gasteiger partial charge in [0.05, 0.1) is 5.41 Å². The van der Waals surface area contributed by atoms with Crippen LogP contribution in [0.15, 0.2) is 18.2 Å². The van der Waals surface area contributed by atoms with E-state index in [4.69, 9.17) is 4.74 Å². The second kappa shape index (κ2) is 3.67. The van der Waals surface area contributed by atoms with Crippen LogP contribution in [0.3, 0.4) is 0 Å². The van der Waals surface area contributed by atoms with E-state index in [9.17, 15) is 9.59 Å². The van der Waals surface area contributed by atoms with E-state index in [1.54, 1.807) is 12.1 Å². The molecule has 0 aliphatic carbocycles. The number of amides is 1. The monoisotopic (exact) mass is 231 g/mol. The molecular weight excluding hydrogens is 218 g/mol. The van der Waals surface area contributed by atoms with Crippen LogP contribution in [0.2, 0.25) is 0 Å². The first kappa shape index (κ1) is 10.5. The number of nitrogens with one attached hydrogen (secondary N) is 1. The lowest BCUT2D eigenvalue weighted by Gasteiger charge is -2.31. The van der Waals surface area contributed by atoms with Crippen molar-refractivity contribution in [1.82, 2.24) is 0 Å². The number of rotatable bonds is 1. The Kier molecular flexibility index (Phi) is 2.26. The molecule has 1 aromatic rings. The number of carbonyl (C=O) groups excluding carboxylic acids is 2. The molecule has 1 aromatic carbocycles. The van der Waals surface area contributed by atoms with Crippen molar-refractivity contribution in [1.29, 1.82) is 0 Å². The normalized spacial score (nSPS) is 21.1. The van der Waals surface area contributed by atoms with Crippen molar-refractivity contribution in [2.24, 2.45) is 0 Å². The van der Waals surface area contributed by atoms with Crippen molar-refractivity contribution in [2.75, 3.05) is 18.5 Å².